The number of carbonyl (C=O) groups is 1. The quantitative estimate of drug-likeness (QED) is 0.620. The van der Waals surface area contributed by atoms with E-state index in [9.17, 15) is 4.79 Å². The van der Waals surface area contributed by atoms with Crippen molar-refractivity contribution in [1.29, 1.82) is 0 Å². The van der Waals surface area contributed by atoms with Crippen LogP contribution in [-0.4, -0.2) is 40.9 Å². The summed E-state index contributed by atoms with van der Waals surface area (Å²) in [6, 6.07) is 1.78. The molecule has 0 aliphatic rings. The average molecular weight is 241 g/mol. The summed E-state index contributed by atoms with van der Waals surface area (Å²) in [7, 11) is 3.73. The van der Waals surface area contributed by atoms with Crippen LogP contribution in [0.3, 0.4) is 0 Å². The number of hydrogen-bond donors (Lipinski definition) is 1. The first-order chi connectivity index (χ1) is 7.50. The van der Waals surface area contributed by atoms with E-state index in [1.165, 1.54) is 11.8 Å². The molecule has 0 aliphatic heterocycles. The molecule has 0 radical (unpaired) electrons. The van der Waals surface area contributed by atoms with Crippen molar-refractivity contribution < 1.29 is 9.90 Å². The molecule has 1 atom stereocenters. The molecule has 1 heterocycles. The first kappa shape index (κ1) is 12.8. The number of aliphatic carboxylic acids is 1. The maximum Gasteiger partial charge on any atom is 0.307 e. The number of nitrogens with zero attached hydrogens (tertiary/aromatic N) is 3. The third-order valence-electron chi connectivity index (χ3n) is 1.92. The van der Waals surface area contributed by atoms with Crippen LogP contribution in [-0.2, 0) is 4.79 Å². The van der Waals surface area contributed by atoms with Crippen LogP contribution in [0, 0.1) is 5.92 Å². The van der Waals surface area contributed by atoms with Crippen molar-refractivity contribution >= 4 is 23.7 Å². The van der Waals surface area contributed by atoms with Gasteiger partial charge < -0.3 is 10.0 Å². The molecule has 6 heteroatoms. The molecule has 0 aliphatic carbocycles. The Morgan fingerprint density at radius 1 is 1.62 bits per heavy atom. The molecule has 1 unspecified atom stereocenters. The highest BCUT2D eigenvalue weighted by Crippen LogP contribution is 2.19. The zero-order valence-corrected chi connectivity index (χ0v) is 10.4. The average Bonchev–Trinajstić information content (AvgIpc) is 2.26. The molecule has 1 aromatic rings. The van der Waals surface area contributed by atoms with Crippen molar-refractivity contribution in [2.24, 2.45) is 5.92 Å². The zero-order chi connectivity index (χ0) is 12.1. The van der Waals surface area contributed by atoms with Gasteiger partial charge in [0.25, 0.3) is 0 Å². The predicted octanol–water partition coefficient (Wildman–Crippen LogP) is 1.36. The van der Waals surface area contributed by atoms with Crippen molar-refractivity contribution in [3.8, 4) is 0 Å². The lowest BCUT2D eigenvalue weighted by molar-refractivity contribution is -0.140. The highest BCUT2D eigenvalue weighted by molar-refractivity contribution is 7.99. The van der Waals surface area contributed by atoms with E-state index in [1.54, 1.807) is 19.2 Å². The van der Waals surface area contributed by atoms with Crippen LogP contribution in [0.5, 0.6) is 0 Å². The van der Waals surface area contributed by atoms with Crippen LogP contribution in [0.1, 0.15) is 6.92 Å². The molecule has 0 fully saturated rings. The van der Waals surface area contributed by atoms with Gasteiger partial charge >= 0.3 is 5.97 Å². The summed E-state index contributed by atoms with van der Waals surface area (Å²) in [4.78, 5) is 20.8. The van der Waals surface area contributed by atoms with E-state index < -0.39 is 5.97 Å². The summed E-state index contributed by atoms with van der Waals surface area (Å²) < 4.78 is 0. The lowest BCUT2D eigenvalue weighted by Crippen LogP contribution is -2.13. The van der Waals surface area contributed by atoms with Crippen LogP contribution < -0.4 is 4.90 Å². The van der Waals surface area contributed by atoms with Crippen LogP contribution in [0.2, 0.25) is 0 Å². The number of rotatable bonds is 5. The van der Waals surface area contributed by atoms with Gasteiger partial charge in [-0.15, -0.1) is 11.8 Å². The highest BCUT2D eigenvalue weighted by Gasteiger charge is 2.11. The van der Waals surface area contributed by atoms with Crippen molar-refractivity contribution in [3.63, 3.8) is 0 Å². The second-order valence-corrected chi connectivity index (χ2v) is 4.68. The molecule has 1 rings (SSSR count). The second-order valence-electron chi connectivity index (χ2n) is 3.64. The third-order valence-corrected chi connectivity index (χ3v) is 3.11. The van der Waals surface area contributed by atoms with Gasteiger partial charge in [-0.25, -0.2) is 9.97 Å². The Balaban J connectivity index is 2.60. The number of aromatic nitrogens is 2. The number of hydrogen-bond acceptors (Lipinski definition) is 5. The molecule has 5 nitrogen and oxygen atoms in total. The lowest BCUT2D eigenvalue weighted by atomic mass is 10.2. The number of carboxylic acids is 1. The topological polar surface area (TPSA) is 66.3 Å². The van der Waals surface area contributed by atoms with E-state index in [4.69, 9.17) is 5.11 Å². The van der Waals surface area contributed by atoms with Gasteiger partial charge in [-0.3, -0.25) is 4.79 Å². The molecule has 0 saturated carbocycles. The summed E-state index contributed by atoms with van der Waals surface area (Å²) in [5.41, 5.74) is 0. The van der Waals surface area contributed by atoms with Gasteiger partial charge in [0.05, 0.1) is 5.92 Å². The fourth-order valence-corrected chi connectivity index (χ4v) is 1.78. The van der Waals surface area contributed by atoms with E-state index in [2.05, 4.69) is 9.97 Å². The van der Waals surface area contributed by atoms with Gasteiger partial charge in [0.1, 0.15) is 5.03 Å². The normalized spacial score (nSPS) is 12.2. The number of anilines is 1. The number of carboxylic acid groups (broad SMARTS) is 1. The van der Waals surface area contributed by atoms with Crippen LogP contribution in [0.4, 0.5) is 5.95 Å². The second kappa shape index (κ2) is 5.69. The number of thioether (sulfide) groups is 1. The summed E-state index contributed by atoms with van der Waals surface area (Å²) in [5, 5.41) is 9.55. The molecule has 1 aromatic heterocycles. The molecule has 88 valence electrons. The molecule has 16 heavy (non-hydrogen) atoms. The van der Waals surface area contributed by atoms with Gasteiger partial charge in [-0.1, -0.05) is 6.92 Å². The summed E-state index contributed by atoms with van der Waals surface area (Å²) >= 11 is 1.43. The van der Waals surface area contributed by atoms with Crippen molar-refractivity contribution in [1.82, 2.24) is 9.97 Å². The molecular formula is C10H15N3O2S. The van der Waals surface area contributed by atoms with Gasteiger partial charge in [0, 0.05) is 26.0 Å². The van der Waals surface area contributed by atoms with Crippen molar-refractivity contribution in [2.45, 2.75) is 11.9 Å². The highest BCUT2D eigenvalue weighted by atomic mass is 32.2. The van der Waals surface area contributed by atoms with Gasteiger partial charge in [-0.05, 0) is 6.07 Å². The molecule has 0 amide bonds. The van der Waals surface area contributed by atoms with Crippen molar-refractivity contribution in [2.75, 3.05) is 24.7 Å². The first-order valence-electron chi connectivity index (χ1n) is 4.86. The lowest BCUT2D eigenvalue weighted by Gasteiger charge is -2.11. The molecule has 0 aromatic carbocycles. The molecule has 0 saturated heterocycles. The SMILES string of the molecule is CC(CSc1ccnc(N(C)C)n1)C(=O)O. The van der Waals surface area contributed by atoms with Crippen LogP contribution in [0.25, 0.3) is 0 Å². The summed E-state index contributed by atoms with van der Waals surface area (Å²) in [6.07, 6.45) is 1.68. The Morgan fingerprint density at radius 3 is 2.88 bits per heavy atom. The van der Waals surface area contributed by atoms with E-state index in [1.807, 2.05) is 19.0 Å². The molecule has 0 bridgehead atoms. The summed E-state index contributed by atoms with van der Waals surface area (Å²) in [6.45, 7) is 1.68. The monoisotopic (exact) mass is 241 g/mol. The fraction of sp³-hybridized carbons (Fsp3) is 0.500. The Labute approximate surface area is 98.9 Å². The Bertz CT molecular complexity index is 371. The Kier molecular flexibility index (Phi) is 4.54. The van der Waals surface area contributed by atoms with Crippen LogP contribution >= 0.6 is 11.8 Å². The zero-order valence-electron chi connectivity index (χ0n) is 9.54. The van der Waals surface area contributed by atoms with Crippen LogP contribution in [0.15, 0.2) is 17.3 Å². The van der Waals surface area contributed by atoms with Gasteiger partial charge in [-0.2, -0.15) is 0 Å². The molecule has 0 spiro atoms. The molecular weight excluding hydrogens is 226 g/mol. The van der Waals surface area contributed by atoms with E-state index in [-0.39, 0.29) is 5.92 Å². The minimum Gasteiger partial charge on any atom is -0.481 e. The Hall–Kier alpha value is -1.30. The van der Waals surface area contributed by atoms with Crippen molar-refractivity contribution in [3.05, 3.63) is 12.3 Å². The minimum absolute atomic E-state index is 0.372. The minimum atomic E-state index is -0.783. The first-order valence-corrected chi connectivity index (χ1v) is 5.85. The van der Waals surface area contributed by atoms with E-state index in [0.717, 1.165) is 5.03 Å². The fourth-order valence-electron chi connectivity index (χ4n) is 0.910. The Morgan fingerprint density at radius 2 is 2.31 bits per heavy atom. The largest absolute Gasteiger partial charge is 0.481 e. The third kappa shape index (κ3) is 3.69. The predicted molar refractivity (Wildman–Crippen MR) is 63.9 cm³/mol. The standard InChI is InChI=1S/C10H15N3O2S/c1-7(9(14)15)6-16-8-4-5-11-10(12-8)13(2)3/h4-5,7H,6H2,1-3H3,(H,14,15). The summed E-state index contributed by atoms with van der Waals surface area (Å²) in [5.74, 6) is -0.00991. The van der Waals surface area contributed by atoms with E-state index >= 15 is 0 Å². The maximum absolute atomic E-state index is 10.6. The maximum atomic E-state index is 10.6. The van der Waals surface area contributed by atoms with Gasteiger partial charge in [0.2, 0.25) is 5.95 Å². The smallest absolute Gasteiger partial charge is 0.307 e. The van der Waals surface area contributed by atoms with Gasteiger partial charge in [0.15, 0.2) is 0 Å². The van der Waals surface area contributed by atoms with E-state index in [0.29, 0.717) is 11.7 Å². The molecule has 1 N–H and O–H groups in total.